The highest BCUT2D eigenvalue weighted by Crippen LogP contribution is 2.43. The average Bonchev–Trinajstić information content (AvgIpc) is 3.69. The van der Waals surface area contributed by atoms with E-state index in [1.54, 1.807) is 0 Å². The number of fused-ring (bicyclic) bond motifs is 6. The van der Waals surface area contributed by atoms with Gasteiger partial charge >= 0.3 is 0 Å². The van der Waals surface area contributed by atoms with E-state index in [4.69, 9.17) is 0 Å². The van der Waals surface area contributed by atoms with E-state index < -0.39 is 0 Å². The van der Waals surface area contributed by atoms with E-state index in [9.17, 15) is 0 Å². The van der Waals surface area contributed by atoms with Crippen LogP contribution in [-0.2, 0) is 12.8 Å². The first-order valence-electron chi connectivity index (χ1n) is 18.6. The molecule has 2 nitrogen and oxygen atoms in total. The number of nitrogens with zero attached hydrogens (tertiary/aromatic N) is 2. The third kappa shape index (κ3) is 5.01. The van der Waals surface area contributed by atoms with Gasteiger partial charge in [0, 0.05) is 44.7 Å². The van der Waals surface area contributed by atoms with Crippen LogP contribution in [0.25, 0.3) is 73.2 Å². The molecule has 2 aliphatic rings. The van der Waals surface area contributed by atoms with Crippen LogP contribution in [-0.4, -0.2) is 9.13 Å². The number of hydrogen-bond donors (Lipinski definition) is 0. The summed E-state index contributed by atoms with van der Waals surface area (Å²) in [5, 5.41) is 2.65. The average molecular weight is 669 g/mol. The molecule has 0 N–H and O–H groups in total. The van der Waals surface area contributed by atoms with Crippen molar-refractivity contribution in [3.8, 4) is 33.6 Å². The van der Waals surface area contributed by atoms with Crippen molar-refractivity contribution in [2.75, 3.05) is 0 Å². The smallest absolute Gasteiger partial charge is 0.0538 e. The molecule has 0 spiro atoms. The first kappa shape index (κ1) is 30.7. The molecule has 52 heavy (non-hydrogen) atoms. The molecule has 0 bridgehead atoms. The van der Waals surface area contributed by atoms with Crippen molar-refractivity contribution >= 4 is 39.5 Å². The third-order valence-corrected chi connectivity index (χ3v) is 11.3. The largest absolute Gasteiger partial charge is 0.313 e. The van der Waals surface area contributed by atoms with Gasteiger partial charge < -0.3 is 9.13 Å². The normalized spacial score (nSPS) is 16.5. The van der Waals surface area contributed by atoms with Crippen molar-refractivity contribution in [2.45, 2.75) is 26.7 Å². The molecule has 2 atom stereocenters. The maximum absolute atomic E-state index is 2.51. The summed E-state index contributed by atoms with van der Waals surface area (Å²) in [6.07, 6.45) is 9.26. The van der Waals surface area contributed by atoms with E-state index in [1.807, 2.05) is 0 Å². The van der Waals surface area contributed by atoms with Crippen LogP contribution in [0.1, 0.15) is 41.9 Å². The van der Waals surface area contributed by atoms with Crippen LogP contribution < -0.4 is 0 Å². The van der Waals surface area contributed by atoms with E-state index >= 15 is 0 Å². The van der Waals surface area contributed by atoms with Gasteiger partial charge in [-0.25, -0.2) is 0 Å². The third-order valence-electron chi connectivity index (χ3n) is 11.3. The van der Waals surface area contributed by atoms with Crippen molar-refractivity contribution in [2.24, 2.45) is 11.8 Å². The summed E-state index contributed by atoms with van der Waals surface area (Å²) in [7, 11) is 0. The number of hydrogen-bond acceptors (Lipinski definition) is 0. The summed E-state index contributed by atoms with van der Waals surface area (Å²) < 4.78 is 5.02. The lowest BCUT2D eigenvalue weighted by Gasteiger charge is -2.24. The highest BCUT2D eigenvalue weighted by Gasteiger charge is 2.27. The topological polar surface area (TPSA) is 9.86 Å². The Morgan fingerprint density at radius 3 is 1.87 bits per heavy atom. The molecule has 0 amide bonds. The zero-order chi connectivity index (χ0) is 34.8. The molecule has 0 radical (unpaired) electrons. The lowest BCUT2D eigenvalue weighted by Crippen LogP contribution is -2.12. The molecule has 0 saturated carbocycles. The standard InChI is InChI=1S/C50H40N2/c1-33-20-26-43-45-31-39(23-27-48(45)51(49(43)28-33)40-24-21-37(22-25-40)35-12-5-3-6-13-35)44-32-46-42-18-9-10-19-47(42)52(50(46)29-34(44)2)41-17-11-16-38(30-41)36-14-7-4-8-15-36/h3-27,30-34H,28-29H2,1-2H3. The maximum Gasteiger partial charge on any atom is 0.0538 e. The van der Waals surface area contributed by atoms with Gasteiger partial charge in [0.05, 0.1) is 11.0 Å². The lowest BCUT2D eigenvalue weighted by molar-refractivity contribution is 0.690. The molecule has 2 aromatic heterocycles. The lowest BCUT2D eigenvalue weighted by atomic mass is 9.83. The van der Waals surface area contributed by atoms with Gasteiger partial charge in [0.2, 0.25) is 0 Å². The van der Waals surface area contributed by atoms with Crippen molar-refractivity contribution in [3.05, 3.63) is 186 Å². The number of aromatic nitrogens is 2. The van der Waals surface area contributed by atoms with Gasteiger partial charge in [-0.3, -0.25) is 0 Å². The molecule has 2 aliphatic carbocycles. The van der Waals surface area contributed by atoms with Gasteiger partial charge in [0.25, 0.3) is 0 Å². The van der Waals surface area contributed by atoms with E-state index in [2.05, 4.69) is 193 Å². The second-order valence-electron chi connectivity index (χ2n) is 14.7. The Morgan fingerprint density at radius 2 is 1.08 bits per heavy atom. The molecular formula is C50H40N2. The zero-order valence-electron chi connectivity index (χ0n) is 29.6. The minimum Gasteiger partial charge on any atom is -0.313 e. The van der Waals surface area contributed by atoms with Crippen LogP contribution in [0.15, 0.2) is 158 Å². The summed E-state index contributed by atoms with van der Waals surface area (Å²) in [4.78, 5) is 0. The predicted molar refractivity (Wildman–Crippen MR) is 220 cm³/mol. The van der Waals surface area contributed by atoms with Gasteiger partial charge in [-0.15, -0.1) is 0 Å². The van der Waals surface area contributed by atoms with Gasteiger partial charge in [-0.2, -0.15) is 0 Å². The quantitative estimate of drug-likeness (QED) is 0.173. The molecule has 8 aromatic rings. The van der Waals surface area contributed by atoms with Crippen LogP contribution in [0.3, 0.4) is 0 Å². The fourth-order valence-corrected chi connectivity index (χ4v) is 8.79. The number of allylic oxidation sites excluding steroid dienone is 2. The van der Waals surface area contributed by atoms with E-state index in [0.717, 1.165) is 12.8 Å². The summed E-state index contributed by atoms with van der Waals surface area (Å²) in [5.41, 5.74) is 18.2. The molecule has 2 heteroatoms. The number of para-hydroxylation sites is 1. The molecule has 0 saturated heterocycles. The number of rotatable bonds is 5. The summed E-state index contributed by atoms with van der Waals surface area (Å²) in [6.45, 7) is 4.73. The van der Waals surface area contributed by atoms with Gasteiger partial charge in [0.15, 0.2) is 0 Å². The van der Waals surface area contributed by atoms with Crippen molar-refractivity contribution in [1.29, 1.82) is 0 Å². The Morgan fingerprint density at radius 1 is 0.462 bits per heavy atom. The summed E-state index contributed by atoms with van der Waals surface area (Å²) in [5.74, 6) is 0.869. The molecule has 6 aromatic carbocycles. The van der Waals surface area contributed by atoms with Crippen molar-refractivity contribution in [1.82, 2.24) is 9.13 Å². The molecule has 0 fully saturated rings. The molecule has 250 valence electrons. The fourth-order valence-electron chi connectivity index (χ4n) is 8.79. The first-order valence-corrected chi connectivity index (χ1v) is 18.6. The summed E-state index contributed by atoms with van der Waals surface area (Å²) >= 11 is 0. The summed E-state index contributed by atoms with van der Waals surface area (Å²) in [6, 6.07) is 55.6. The van der Waals surface area contributed by atoms with E-state index in [0.29, 0.717) is 11.8 Å². The monoisotopic (exact) mass is 668 g/mol. The van der Waals surface area contributed by atoms with E-state index in [-0.39, 0.29) is 0 Å². The highest BCUT2D eigenvalue weighted by molar-refractivity contribution is 6.01. The highest BCUT2D eigenvalue weighted by atomic mass is 15.0. The van der Waals surface area contributed by atoms with Crippen LogP contribution in [0.4, 0.5) is 0 Å². The fraction of sp³-hybridized carbons (Fsp3) is 0.120. The molecular weight excluding hydrogens is 629 g/mol. The van der Waals surface area contributed by atoms with Crippen LogP contribution in [0, 0.1) is 11.8 Å². The van der Waals surface area contributed by atoms with Gasteiger partial charge in [-0.1, -0.05) is 135 Å². The Bertz CT molecular complexity index is 2680. The SMILES string of the molecule is CC1C=Cc2c(n(-c3ccc(-c4ccccc4)cc3)c3ccc(C4=Cc5c(n(-c6cccc(-c7ccccc7)c6)c6ccccc56)CC4C)cc23)C1. The molecule has 0 aliphatic heterocycles. The van der Waals surface area contributed by atoms with E-state index in [1.165, 1.54) is 89.1 Å². The van der Waals surface area contributed by atoms with Crippen molar-refractivity contribution in [3.63, 3.8) is 0 Å². The molecule has 2 heterocycles. The van der Waals surface area contributed by atoms with Crippen LogP contribution in [0.2, 0.25) is 0 Å². The number of benzene rings is 6. The first-order chi connectivity index (χ1) is 25.6. The second-order valence-corrected chi connectivity index (χ2v) is 14.7. The Kier molecular flexibility index (Phi) is 7.25. The van der Waals surface area contributed by atoms with Crippen molar-refractivity contribution < 1.29 is 0 Å². The second kappa shape index (κ2) is 12.3. The van der Waals surface area contributed by atoms with Gasteiger partial charge in [0.1, 0.15) is 0 Å². The maximum atomic E-state index is 2.51. The van der Waals surface area contributed by atoms with Gasteiger partial charge in [-0.05, 0) is 107 Å². The Labute approximate surface area is 305 Å². The Hall–Kier alpha value is -6.12. The Balaban J connectivity index is 1.09. The minimum absolute atomic E-state index is 0.365. The predicted octanol–water partition coefficient (Wildman–Crippen LogP) is 12.8. The minimum atomic E-state index is 0.365. The molecule has 10 rings (SSSR count). The molecule has 2 unspecified atom stereocenters. The van der Waals surface area contributed by atoms with Crippen LogP contribution in [0.5, 0.6) is 0 Å². The zero-order valence-corrected chi connectivity index (χ0v) is 29.6. The van der Waals surface area contributed by atoms with Crippen LogP contribution >= 0.6 is 0 Å².